The molecule has 0 unspecified atom stereocenters. The maximum absolute atomic E-state index is 13.3. The number of aromatic nitrogens is 1. The van der Waals surface area contributed by atoms with Gasteiger partial charge in [-0.05, 0) is 59.9 Å². The van der Waals surface area contributed by atoms with E-state index in [0.29, 0.717) is 22.3 Å². The molecule has 0 atom stereocenters. The van der Waals surface area contributed by atoms with Gasteiger partial charge in [0.1, 0.15) is 11.6 Å². The Hall–Kier alpha value is -4.78. The van der Waals surface area contributed by atoms with Crippen molar-refractivity contribution < 1.29 is 18.4 Å². The number of nitrogens with one attached hydrogen (secondary N) is 1. The van der Waals surface area contributed by atoms with Crippen LogP contribution in [0.25, 0.3) is 22.2 Å². The van der Waals surface area contributed by atoms with E-state index in [2.05, 4.69) is 10.3 Å². The summed E-state index contributed by atoms with van der Waals surface area (Å²) in [7, 11) is 0. The Bertz CT molecular complexity index is 1670. The van der Waals surface area contributed by atoms with Crippen LogP contribution < -0.4 is 11.1 Å². The van der Waals surface area contributed by atoms with E-state index in [0.717, 1.165) is 29.5 Å². The summed E-state index contributed by atoms with van der Waals surface area (Å²) in [5, 5.41) is 3.70. The summed E-state index contributed by atoms with van der Waals surface area (Å²) in [5.41, 5.74) is 9.84. The van der Waals surface area contributed by atoms with E-state index in [-0.39, 0.29) is 35.0 Å². The summed E-state index contributed by atoms with van der Waals surface area (Å²) >= 11 is 0. The van der Waals surface area contributed by atoms with Gasteiger partial charge in [-0.2, -0.15) is 0 Å². The standard InChI is InChI=1S/C31H24FN3O3/c32-24-11-9-19(10-12-24)15-26-27(28(33)36)25-17-22(18-34-30(25)38-26)20-5-4-6-21(16-20)29(37)35-31(13-14-31)23-7-2-1-3-8-23/h1-12,16-18H,13-15H2,(H2,33,36)(H,35,37). The van der Waals surface area contributed by atoms with Crippen LogP contribution in [0.15, 0.2) is 95.5 Å². The van der Waals surface area contributed by atoms with E-state index in [1.807, 2.05) is 48.5 Å². The number of fused-ring (bicyclic) bond motifs is 1. The summed E-state index contributed by atoms with van der Waals surface area (Å²) in [5.74, 6) is -0.760. The van der Waals surface area contributed by atoms with Gasteiger partial charge in [0.25, 0.3) is 11.8 Å². The van der Waals surface area contributed by atoms with Gasteiger partial charge in [0.2, 0.25) is 5.71 Å². The third-order valence-corrected chi connectivity index (χ3v) is 7.03. The molecule has 2 heterocycles. The van der Waals surface area contributed by atoms with Crippen molar-refractivity contribution in [3.63, 3.8) is 0 Å². The predicted octanol–water partition coefficient (Wildman–Crippen LogP) is 5.74. The number of amides is 2. The summed E-state index contributed by atoms with van der Waals surface area (Å²) in [6, 6.07) is 25.0. The van der Waals surface area contributed by atoms with Crippen LogP contribution >= 0.6 is 0 Å². The Balaban J connectivity index is 1.31. The zero-order valence-corrected chi connectivity index (χ0v) is 20.4. The molecule has 5 aromatic rings. The number of halogens is 1. The van der Waals surface area contributed by atoms with Crippen LogP contribution in [0.3, 0.4) is 0 Å². The van der Waals surface area contributed by atoms with Gasteiger partial charge in [0.15, 0.2) is 0 Å². The minimum absolute atomic E-state index is 0.148. The third-order valence-electron chi connectivity index (χ3n) is 7.03. The normalized spacial score (nSPS) is 13.8. The van der Waals surface area contributed by atoms with Crippen molar-refractivity contribution in [2.24, 2.45) is 5.73 Å². The molecule has 7 heteroatoms. The van der Waals surface area contributed by atoms with Crippen molar-refractivity contribution in [2.45, 2.75) is 24.8 Å². The van der Waals surface area contributed by atoms with Crippen LogP contribution in [0.4, 0.5) is 4.39 Å². The molecule has 3 aromatic carbocycles. The van der Waals surface area contributed by atoms with Crippen molar-refractivity contribution in [1.82, 2.24) is 10.3 Å². The minimum Gasteiger partial charge on any atom is -0.442 e. The van der Waals surface area contributed by atoms with Crippen LogP contribution in [0.1, 0.15) is 50.4 Å². The predicted molar refractivity (Wildman–Crippen MR) is 142 cm³/mol. The van der Waals surface area contributed by atoms with Gasteiger partial charge in [-0.3, -0.25) is 9.59 Å². The average Bonchev–Trinajstić information content (AvgIpc) is 3.62. The number of pyridine rings is 1. The number of furan rings is 1. The molecule has 1 saturated carbocycles. The molecule has 38 heavy (non-hydrogen) atoms. The first-order valence-electron chi connectivity index (χ1n) is 12.4. The van der Waals surface area contributed by atoms with E-state index in [1.165, 1.54) is 12.1 Å². The molecule has 188 valence electrons. The molecule has 1 aliphatic carbocycles. The smallest absolute Gasteiger partial charge is 0.252 e. The number of carbonyl (C=O) groups is 2. The monoisotopic (exact) mass is 505 g/mol. The molecule has 6 rings (SSSR count). The van der Waals surface area contributed by atoms with Crippen LogP contribution in [-0.2, 0) is 12.0 Å². The Morgan fingerprint density at radius 1 is 0.947 bits per heavy atom. The molecule has 1 aliphatic rings. The summed E-state index contributed by atoms with van der Waals surface area (Å²) in [6.07, 6.45) is 3.71. The number of nitrogens with zero attached hydrogens (tertiary/aromatic N) is 1. The van der Waals surface area contributed by atoms with Crippen LogP contribution in [-0.4, -0.2) is 16.8 Å². The summed E-state index contributed by atoms with van der Waals surface area (Å²) < 4.78 is 19.2. The molecule has 0 saturated heterocycles. The maximum Gasteiger partial charge on any atom is 0.252 e. The van der Waals surface area contributed by atoms with Gasteiger partial charge in [-0.15, -0.1) is 0 Å². The molecular weight excluding hydrogens is 481 g/mol. The lowest BCUT2D eigenvalue weighted by Crippen LogP contribution is -2.34. The molecule has 0 bridgehead atoms. The van der Waals surface area contributed by atoms with E-state index in [4.69, 9.17) is 10.2 Å². The van der Waals surface area contributed by atoms with Crippen molar-refractivity contribution in [1.29, 1.82) is 0 Å². The number of primary amides is 1. The highest BCUT2D eigenvalue weighted by Crippen LogP contribution is 2.45. The quantitative estimate of drug-likeness (QED) is 0.295. The van der Waals surface area contributed by atoms with Crippen molar-refractivity contribution in [3.05, 3.63) is 125 Å². The number of hydrogen-bond donors (Lipinski definition) is 2. The molecule has 6 nitrogen and oxygen atoms in total. The number of carbonyl (C=O) groups excluding carboxylic acids is 2. The fourth-order valence-electron chi connectivity index (χ4n) is 4.87. The lowest BCUT2D eigenvalue weighted by atomic mass is 10.0. The first-order valence-corrected chi connectivity index (χ1v) is 12.4. The van der Waals surface area contributed by atoms with E-state index in [9.17, 15) is 14.0 Å². The topological polar surface area (TPSA) is 98.2 Å². The van der Waals surface area contributed by atoms with Gasteiger partial charge in [-0.1, -0.05) is 54.6 Å². The van der Waals surface area contributed by atoms with E-state index < -0.39 is 5.91 Å². The van der Waals surface area contributed by atoms with Gasteiger partial charge in [0.05, 0.1) is 16.5 Å². The number of rotatable bonds is 7. The second-order valence-corrected chi connectivity index (χ2v) is 9.63. The molecule has 2 aromatic heterocycles. The fraction of sp³-hybridized carbons (Fsp3) is 0.129. The highest BCUT2D eigenvalue weighted by Gasteiger charge is 2.45. The molecular formula is C31H24FN3O3. The average molecular weight is 506 g/mol. The molecule has 0 spiro atoms. The van der Waals surface area contributed by atoms with Gasteiger partial charge >= 0.3 is 0 Å². The van der Waals surface area contributed by atoms with E-state index >= 15 is 0 Å². The van der Waals surface area contributed by atoms with Crippen molar-refractivity contribution >= 4 is 22.9 Å². The van der Waals surface area contributed by atoms with Crippen molar-refractivity contribution in [3.8, 4) is 11.1 Å². The molecule has 2 amide bonds. The first-order chi connectivity index (χ1) is 18.4. The largest absolute Gasteiger partial charge is 0.442 e. The van der Waals surface area contributed by atoms with Gasteiger partial charge in [0, 0.05) is 23.7 Å². The fourth-order valence-corrected chi connectivity index (χ4v) is 4.87. The Morgan fingerprint density at radius 3 is 2.42 bits per heavy atom. The number of nitrogens with two attached hydrogens (primary N) is 1. The lowest BCUT2D eigenvalue weighted by molar-refractivity contribution is 0.0929. The lowest BCUT2D eigenvalue weighted by Gasteiger charge is -2.18. The van der Waals surface area contributed by atoms with Crippen LogP contribution in [0.2, 0.25) is 0 Å². The second-order valence-electron chi connectivity index (χ2n) is 9.63. The van der Waals surface area contributed by atoms with Crippen molar-refractivity contribution in [2.75, 3.05) is 0 Å². The zero-order chi connectivity index (χ0) is 26.3. The highest BCUT2D eigenvalue weighted by molar-refractivity contribution is 6.06. The molecule has 3 N–H and O–H groups in total. The summed E-state index contributed by atoms with van der Waals surface area (Å²) in [6.45, 7) is 0. The number of benzene rings is 3. The minimum atomic E-state index is -0.636. The Labute approximate surface area is 218 Å². The Kier molecular flexibility index (Phi) is 5.76. The SMILES string of the molecule is NC(=O)c1c(Cc2ccc(F)cc2)oc2ncc(-c3cccc(C(=O)NC4(c5ccccc5)CC4)c3)cc12. The van der Waals surface area contributed by atoms with Gasteiger partial charge < -0.3 is 15.5 Å². The first kappa shape index (κ1) is 23.6. The molecule has 0 radical (unpaired) electrons. The number of hydrogen-bond acceptors (Lipinski definition) is 4. The van der Waals surface area contributed by atoms with Crippen LogP contribution in [0, 0.1) is 5.82 Å². The zero-order valence-electron chi connectivity index (χ0n) is 20.4. The molecule has 0 aliphatic heterocycles. The van der Waals surface area contributed by atoms with Crippen LogP contribution in [0.5, 0.6) is 0 Å². The highest BCUT2D eigenvalue weighted by atomic mass is 19.1. The maximum atomic E-state index is 13.3. The van der Waals surface area contributed by atoms with Gasteiger partial charge in [-0.25, -0.2) is 9.37 Å². The third kappa shape index (κ3) is 4.43. The molecule has 1 fully saturated rings. The summed E-state index contributed by atoms with van der Waals surface area (Å²) in [4.78, 5) is 30.0. The second kappa shape index (κ2) is 9.27. The Morgan fingerprint density at radius 2 is 1.71 bits per heavy atom. The van der Waals surface area contributed by atoms with E-state index in [1.54, 1.807) is 30.5 Å².